The number of aliphatic hydroxyl groups excluding tert-OH is 1. The predicted octanol–water partition coefficient (Wildman–Crippen LogP) is 3.35. The summed E-state index contributed by atoms with van der Waals surface area (Å²) in [6, 6.07) is 1.78. The van der Waals surface area contributed by atoms with Crippen LogP contribution >= 0.6 is 11.3 Å². The molecule has 0 amide bonds. The minimum Gasteiger partial charge on any atom is -0.387 e. The monoisotopic (exact) mass is 224 g/mol. The third-order valence-corrected chi connectivity index (χ3v) is 3.06. The molecule has 5 heteroatoms. The molecule has 1 nitrogen and oxygen atoms in total. The summed E-state index contributed by atoms with van der Waals surface area (Å²) in [5.74, 6) is 0. The van der Waals surface area contributed by atoms with Gasteiger partial charge in [0.1, 0.15) is 0 Å². The van der Waals surface area contributed by atoms with Crippen molar-refractivity contribution in [2.45, 2.75) is 32.5 Å². The summed E-state index contributed by atoms with van der Waals surface area (Å²) >= 11 is 1.21. The van der Waals surface area contributed by atoms with Crippen LogP contribution in [-0.4, -0.2) is 11.3 Å². The number of aryl methyl sites for hydroxylation is 2. The van der Waals surface area contributed by atoms with Gasteiger partial charge in [0.25, 0.3) is 0 Å². The molecule has 1 atom stereocenters. The van der Waals surface area contributed by atoms with Gasteiger partial charge in [0, 0.05) is 9.75 Å². The molecule has 1 aromatic rings. The highest BCUT2D eigenvalue weighted by Crippen LogP contribution is 2.34. The fourth-order valence-electron chi connectivity index (χ4n) is 1.30. The summed E-state index contributed by atoms with van der Waals surface area (Å²) in [5, 5.41) is 9.34. The van der Waals surface area contributed by atoms with Gasteiger partial charge < -0.3 is 5.11 Å². The van der Waals surface area contributed by atoms with Crippen molar-refractivity contribution in [3.8, 4) is 0 Å². The van der Waals surface area contributed by atoms with Crippen LogP contribution in [0.3, 0.4) is 0 Å². The van der Waals surface area contributed by atoms with E-state index in [1.807, 2.05) is 6.92 Å². The molecule has 0 bridgehead atoms. The lowest BCUT2D eigenvalue weighted by molar-refractivity contribution is -0.153. The van der Waals surface area contributed by atoms with Gasteiger partial charge >= 0.3 is 6.18 Å². The number of aliphatic hydroxyl groups is 1. The second kappa shape index (κ2) is 3.90. The Balaban J connectivity index is 2.79. The van der Waals surface area contributed by atoms with Crippen LogP contribution in [-0.2, 0) is 0 Å². The summed E-state index contributed by atoms with van der Waals surface area (Å²) in [7, 11) is 0. The van der Waals surface area contributed by atoms with E-state index in [0.717, 1.165) is 10.4 Å². The Labute approximate surface area is 84.2 Å². The normalized spacial score (nSPS) is 14.4. The summed E-state index contributed by atoms with van der Waals surface area (Å²) < 4.78 is 35.9. The third kappa shape index (κ3) is 2.99. The first-order valence-electron chi connectivity index (χ1n) is 4.11. The summed E-state index contributed by atoms with van der Waals surface area (Å²) in [4.78, 5) is 1.33. The minimum absolute atomic E-state index is 0.417. The maximum Gasteiger partial charge on any atom is 0.391 e. The van der Waals surface area contributed by atoms with Crippen molar-refractivity contribution in [2.75, 3.05) is 0 Å². The Hall–Kier alpha value is -0.550. The Morgan fingerprint density at radius 1 is 1.43 bits per heavy atom. The zero-order valence-corrected chi connectivity index (χ0v) is 8.67. The smallest absolute Gasteiger partial charge is 0.387 e. The fourth-order valence-corrected chi connectivity index (χ4v) is 2.32. The third-order valence-electron chi connectivity index (χ3n) is 1.81. The summed E-state index contributed by atoms with van der Waals surface area (Å²) in [5.41, 5.74) is 0.726. The molecular formula is C9H11F3OS. The number of halogens is 3. The van der Waals surface area contributed by atoms with Gasteiger partial charge in [-0.3, -0.25) is 0 Å². The molecule has 1 N–H and O–H groups in total. The Kier molecular flexibility index (Phi) is 3.21. The molecule has 1 rings (SSSR count). The van der Waals surface area contributed by atoms with Crippen LogP contribution in [0, 0.1) is 13.8 Å². The van der Waals surface area contributed by atoms with Gasteiger partial charge in [0.2, 0.25) is 0 Å². The molecule has 1 heterocycles. The summed E-state index contributed by atoms with van der Waals surface area (Å²) in [6.07, 6.45) is -6.91. The molecule has 0 spiro atoms. The Morgan fingerprint density at radius 2 is 2.00 bits per heavy atom. The van der Waals surface area contributed by atoms with Crippen molar-refractivity contribution in [2.24, 2.45) is 0 Å². The van der Waals surface area contributed by atoms with Crippen LogP contribution in [0.5, 0.6) is 0 Å². The molecule has 0 aliphatic rings. The van der Waals surface area contributed by atoms with Crippen molar-refractivity contribution in [3.63, 3.8) is 0 Å². The summed E-state index contributed by atoms with van der Waals surface area (Å²) in [6.45, 7) is 3.51. The van der Waals surface area contributed by atoms with E-state index in [1.165, 1.54) is 11.3 Å². The van der Waals surface area contributed by atoms with Crippen molar-refractivity contribution < 1.29 is 18.3 Å². The largest absolute Gasteiger partial charge is 0.391 e. The lowest BCUT2D eigenvalue weighted by atomic mass is 10.1. The van der Waals surface area contributed by atoms with E-state index in [1.54, 1.807) is 13.0 Å². The van der Waals surface area contributed by atoms with Crippen LogP contribution in [0.25, 0.3) is 0 Å². The SMILES string of the molecule is Cc1cc(C)c(C(O)CC(F)(F)F)s1. The number of rotatable bonds is 2. The molecule has 1 aromatic heterocycles. The lowest BCUT2D eigenvalue weighted by Crippen LogP contribution is -2.13. The average Bonchev–Trinajstić information content (AvgIpc) is 2.26. The quantitative estimate of drug-likeness (QED) is 0.816. The highest BCUT2D eigenvalue weighted by Gasteiger charge is 2.32. The molecule has 0 aromatic carbocycles. The highest BCUT2D eigenvalue weighted by atomic mass is 32.1. The molecule has 0 aliphatic carbocycles. The van der Waals surface area contributed by atoms with Gasteiger partial charge in [0.05, 0.1) is 12.5 Å². The topological polar surface area (TPSA) is 20.2 Å². The van der Waals surface area contributed by atoms with Gasteiger partial charge in [0.15, 0.2) is 0 Å². The van der Waals surface area contributed by atoms with Gasteiger partial charge in [-0.1, -0.05) is 0 Å². The fraction of sp³-hybridized carbons (Fsp3) is 0.556. The zero-order valence-electron chi connectivity index (χ0n) is 7.85. The van der Waals surface area contributed by atoms with Crippen LogP contribution in [0.1, 0.15) is 27.8 Å². The molecule has 0 fully saturated rings. The maximum absolute atomic E-state index is 12.0. The van der Waals surface area contributed by atoms with Gasteiger partial charge in [-0.15, -0.1) is 11.3 Å². The number of hydrogen-bond acceptors (Lipinski definition) is 2. The van der Waals surface area contributed by atoms with Gasteiger partial charge in [-0.25, -0.2) is 0 Å². The first-order valence-corrected chi connectivity index (χ1v) is 4.93. The molecule has 0 radical (unpaired) electrons. The minimum atomic E-state index is -4.32. The van der Waals surface area contributed by atoms with Crippen molar-refractivity contribution in [1.82, 2.24) is 0 Å². The van der Waals surface area contributed by atoms with Crippen molar-refractivity contribution >= 4 is 11.3 Å². The van der Waals surface area contributed by atoms with E-state index < -0.39 is 18.7 Å². The van der Waals surface area contributed by atoms with E-state index in [2.05, 4.69) is 0 Å². The number of hydrogen-bond donors (Lipinski definition) is 1. The van der Waals surface area contributed by atoms with Gasteiger partial charge in [-0.05, 0) is 25.5 Å². The van der Waals surface area contributed by atoms with E-state index >= 15 is 0 Å². The zero-order chi connectivity index (χ0) is 10.9. The number of alkyl halides is 3. The molecule has 0 aliphatic heterocycles. The second-order valence-electron chi connectivity index (χ2n) is 3.24. The van der Waals surface area contributed by atoms with Crippen LogP contribution in [0.4, 0.5) is 13.2 Å². The Bertz CT molecular complexity index is 316. The van der Waals surface area contributed by atoms with E-state index in [9.17, 15) is 18.3 Å². The van der Waals surface area contributed by atoms with Crippen LogP contribution in [0.2, 0.25) is 0 Å². The van der Waals surface area contributed by atoms with Crippen molar-refractivity contribution in [3.05, 3.63) is 21.4 Å². The average molecular weight is 224 g/mol. The van der Waals surface area contributed by atoms with E-state index in [-0.39, 0.29) is 0 Å². The van der Waals surface area contributed by atoms with E-state index in [4.69, 9.17) is 0 Å². The van der Waals surface area contributed by atoms with Crippen LogP contribution in [0.15, 0.2) is 6.07 Å². The molecule has 0 saturated carbocycles. The van der Waals surface area contributed by atoms with Crippen molar-refractivity contribution in [1.29, 1.82) is 0 Å². The lowest BCUT2D eigenvalue weighted by Gasteiger charge is -2.12. The molecule has 0 saturated heterocycles. The highest BCUT2D eigenvalue weighted by molar-refractivity contribution is 7.12. The maximum atomic E-state index is 12.0. The van der Waals surface area contributed by atoms with E-state index in [0.29, 0.717) is 4.88 Å². The predicted molar refractivity (Wildman–Crippen MR) is 49.4 cm³/mol. The molecule has 1 unspecified atom stereocenters. The van der Waals surface area contributed by atoms with Gasteiger partial charge in [-0.2, -0.15) is 13.2 Å². The first kappa shape index (κ1) is 11.5. The standard InChI is InChI=1S/C9H11F3OS/c1-5-3-6(2)14-8(5)7(13)4-9(10,11)12/h3,7,13H,4H2,1-2H3. The molecule has 80 valence electrons. The molecular weight excluding hydrogens is 213 g/mol. The molecule has 14 heavy (non-hydrogen) atoms. The second-order valence-corrected chi connectivity index (χ2v) is 4.53. The number of thiophene rings is 1. The van der Waals surface area contributed by atoms with Crippen LogP contribution < -0.4 is 0 Å². The Morgan fingerprint density at radius 3 is 2.36 bits per heavy atom. The first-order chi connectivity index (χ1) is 6.29.